The number of hydrogen-bond donors (Lipinski definition) is 0. The standard InChI is InChI=1S/C9H18O2Si/c1-4-5-6-7-12-11-9(10)8(2)3/h2,4-7,12H2,1,3H3. The van der Waals surface area contributed by atoms with Crippen LogP contribution in [0.2, 0.25) is 6.04 Å². The van der Waals surface area contributed by atoms with Gasteiger partial charge in [0.25, 0.3) is 0 Å². The Bertz CT molecular complexity index is 155. The summed E-state index contributed by atoms with van der Waals surface area (Å²) in [6.07, 6.45) is 3.67. The summed E-state index contributed by atoms with van der Waals surface area (Å²) in [5, 5.41) is 0. The van der Waals surface area contributed by atoms with Gasteiger partial charge < -0.3 is 4.43 Å². The van der Waals surface area contributed by atoms with Gasteiger partial charge in [-0.3, -0.25) is 0 Å². The molecule has 0 saturated heterocycles. The minimum Gasteiger partial charge on any atom is -0.522 e. The average Bonchev–Trinajstić information content (AvgIpc) is 2.03. The molecule has 2 nitrogen and oxygen atoms in total. The average molecular weight is 186 g/mol. The van der Waals surface area contributed by atoms with E-state index in [2.05, 4.69) is 13.5 Å². The van der Waals surface area contributed by atoms with Crippen LogP contribution in [-0.4, -0.2) is 15.7 Å². The van der Waals surface area contributed by atoms with Crippen molar-refractivity contribution in [2.75, 3.05) is 0 Å². The highest BCUT2D eigenvalue weighted by molar-refractivity contribution is 6.31. The maximum absolute atomic E-state index is 10.9. The van der Waals surface area contributed by atoms with E-state index in [-0.39, 0.29) is 5.97 Å². The predicted molar refractivity (Wildman–Crippen MR) is 53.8 cm³/mol. The second-order valence-corrected chi connectivity index (χ2v) is 4.38. The molecular formula is C9H18O2Si. The van der Waals surface area contributed by atoms with Gasteiger partial charge in [0.1, 0.15) is 0 Å². The highest BCUT2D eigenvalue weighted by Crippen LogP contribution is 2.00. The van der Waals surface area contributed by atoms with Gasteiger partial charge in [0.2, 0.25) is 9.76 Å². The third-order valence-corrected chi connectivity index (χ3v) is 2.83. The Morgan fingerprint density at radius 3 is 2.67 bits per heavy atom. The Morgan fingerprint density at radius 2 is 2.17 bits per heavy atom. The molecule has 0 aromatic rings. The van der Waals surface area contributed by atoms with Crippen LogP contribution in [0.15, 0.2) is 12.2 Å². The maximum atomic E-state index is 10.9. The van der Waals surface area contributed by atoms with Gasteiger partial charge in [-0.2, -0.15) is 0 Å². The molecule has 0 aliphatic heterocycles. The molecule has 12 heavy (non-hydrogen) atoms. The molecule has 0 heterocycles. The summed E-state index contributed by atoms with van der Waals surface area (Å²) < 4.78 is 5.05. The molecule has 3 heteroatoms. The Balaban J connectivity index is 3.20. The molecule has 70 valence electrons. The summed E-state index contributed by atoms with van der Waals surface area (Å²) in [4.78, 5) is 10.9. The second kappa shape index (κ2) is 7.10. The van der Waals surface area contributed by atoms with Gasteiger partial charge in [-0.25, -0.2) is 4.79 Å². The van der Waals surface area contributed by atoms with E-state index in [9.17, 15) is 4.79 Å². The van der Waals surface area contributed by atoms with Crippen LogP contribution >= 0.6 is 0 Å². The molecule has 0 aliphatic carbocycles. The second-order valence-electron chi connectivity index (χ2n) is 2.98. The quantitative estimate of drug-likeness (QED) is 0.359. The van der Waals surface area contributed by atoms with Crippen LogP contribution in [0.5, 0.6) is 0 Å². The van der Waals surface area contributed by atoms with E-state index in [4.69, 9.17) is 4.43 Å². The Hall–Kier alpha value is -0.573. The lowest BCUT2D eigenvalue weighted by molar-refractivity contribution is -0.130. The minimum atomic E-state index is -0.610. The zero-order chi connectivity index (χ0) is 9.40. The van der Waals surface area contributed by atoms with Gasteiger partial charge in [-0.15, -0.1) is 0 Å². The summed E-state index contributed by atoms with van der Waals surface area (Å²) in [5.41, 5.74) is 0.512. The third-order valence-electron chi connectivity index (χ3n) is 1.58. The van der Waals surface area contributed by atoms with Crippen molar-refractivity contribution in [2.24, 2.45) is 0 Å². The first-order valence-electron chi connectivity index (χ1n) is 4.51. The molecular weight excluding hydrogens is 168 g/mol. The van der Waals surface area contributed by atoms with Crippen molar-refractivity contribution >= 4 is 15.7 Å². The lowest BCUT2D eigenvalue weighted by Crippen LogP contribution is -2.08. The first-order valence-corrected chi connectivity index (χ1v) is 6.08. The highest BCUT2D eigenvalue weighted by Gasteiger charge is 2.01. The van der Waals surface area contributed by atoms with Gasteiger partial charge in [0.05, 0.1) is 0 Å². The molecule has 0 aliphatic rings. The largest absolute Gasteiger partial charge is 0.522 e. The van der Waals surface area contributed by atoms with Crippen molar-refractivity contribution in [3.63, 3.8) is 0 Å². The van der Waals surface area contributed by atoms with Crippen LogP contribution < -0.4 is 0 Å². The zero-order valence-electron chi connectivity index (χ0n) is 8.06. The van der Waals surface area contributed by atoms with Crippen molar-refractivity contribution < 1.29 is 9.22 Å². The number of carbonyl (C=O) groups excluding carboxylic acids is 1. The van der Waals surface area contributed by atoms with Gasteiger partial charge >= 0.3 is 5.97 Å². The van der Waals surface area contributed by atoms with Crippen molar-refractivity contribution in [3.05, 3.63) is 12.2 Å². The first kappa shape index (κ1) is 11.4. The molecule has 0 fully saturated rings. The van der Waals surface area contributed by atoms with Gasteiger partial charge in [-0.05, 0) is 13.0 Å². The summed E-state index contributed by atoms with van der Waals surface area (Å²) in [5.74, 6) is -0.210. The van der Waals surface area contributed by atoms with Crippen LogP contribution in [0.3, 0.4) is 0 Å². The summed E-state index contributed by atoms with van der Waals surface area (Å²) >= 11 is 0. The number of hydrogen-bond acceptors (Lipinski definition) is 2. The molecule has 0 radical (unpaired) electrons. The van der Waals surface area contributed by atoms with Crippen molar-refractivity contribution in [1.82, 2.24) is 0 Å². The van der Waals surface area contributed by atoms with Gasteiger partial charge in [-0.1, -0.05) is 32.8 Å². The molecule has 0 N–H and O–H groups in total. The molecule has 0 aromatic heterocycles. The Kier molecular flexibility index (Phi) is 6.76. The fraction of sp³-hybridized carbons (Fsp3) is 0.667. The number of carbonyl (C=O) groups is 1. The number of rotatable bonds is 6. The predicted octanol–water partition coefficient (Wildman–Crippen LogP) is 1.80. The molecule has 0 atom stereocenters. The molecule has 0 unspecified atom stereocenters. The summed E-state index contributed by atoms with van der Waals surface area (Å²) in [6, 6.07) is 1.10. The van der Waals surface area contributed by atoms with E-state index in [1.54, 1.807) is 6.92 Å². The molecule has 0 amide bonds. The van der Waals surface area contributed by atoms with Crippen LogP contribution in [0, 0.1) is 0 Å². The summed E-state index contributed by atoms with van der Waals surface area (Å²) in [7, 11) is -0.610. The lowest BCUT2D eigenvalue weighted by Gasteiger charge is -2.02. The zero-order valence-corrected chi connectivity index (χ0v) is 9.47. The maximum Gasteiger partial charge on any atom is 0.319 e. The number of unbranched alkanes of at least 4 members (excludes halogenated alkanes) is 2. The Labute approximate surface area is 76.9 Å². The Morgan fingerprint density at radius 1 is 1.50 bits per heavy atom. The van der Waals surface area contributed by atoms with Crippen LogP contribution in [0.25, 0.3) is 0 Å². The third kappa shape index (κ3) is 6.16. The molecule has 0 spiro atoms. The molecule has 0 bridgehead atoms. The highest BCUT2D eigenvalue weighted by atomic mass is 28.2. The van der Waals surface area contributed by atoms with Crippen LogP contribution in [-0.2, 0) is 9.22 Å². The van der Waals surface area contributed by atoms with E-state index in [0.717, 1.165) is 6.04 Å². The van der Waals surface area contributed by atoms with Crippen molar-refractivity contribution in [3.8, 4) is 0 Å². The SMILES string of the molecule is C=C(C)C(=O)O[SiH2]CCCCC. The fourth-order valence-electron chi connectivity index (χ4n) is 0.817. The van der Waals surface area contributed by atoms with Crippen molar-refractivity contribution in [2.45, 2.75) is 39.2 Å². The lowest BCUT2D eigenvalue weighted by atomic mass is 10.3. The van der Waals surface area contributed by atoms with Gasteiger partial charge in [0.15, 0.2) is 0 Å². The van der Waals surface area contributed by atoms with Crippen LogP contribution in [0.4, 0.5) is 0 Å². The van der Waals surface area contributed by atoms with E-state index in [1.807, 2.05) is 0 Å². The monoisotopic (exact) mass is 186 g/mol. The first-order chi connectivity index (χ1) is 5.68. The fourth-order valence-corrected chi connectivity index (χ4v) is 1.95. The van der Waals surface area contributed by atoms with E-state index < -0.39 is 9.76 Å². The topological polar surface area (TPSA) is 26.3 Å². The van der Waals surface area contributed by atoms with E-state index in [0.29, 0.717) is 5.57 Å². The van der Waals surface area contributed by atoms with E-state index in [1.165, 1.54) is 19.3 Å². The van der Waals surface area contributed by atoms with E-state index >= 15 is 0 Å². The normalized spacial score (nSPS) is 10.5. The molecule has 0 rings (SSSR count). The van der Waals surface area contributed by atoms with Crippen molar-refractivity contribution in [1.29, 1.82) is 0 Å². The molecule has 0 saturated carbocycles. The summed E-state index contributed by atoms with van der Waals surface area (Å²) in [6.45, 7) is 7.37. The van der Waals surface area contributed by atoms with Crippen LogP contribution in [0.1, 0.15) is 33.1 Å². The van der Waals surface area contributed by atoms with Gasteiger partial charge in [0, 0.05) is 5.57 Å². The molecule has 0 aromatic carbocycles. The smallest absolute Gasteiger partial charge is 0.319 e. The minimum absolute atomic E-state index is 0.210.